The second-order valence-corrected chi connectivity index (χ2v) is 8.18. The van der Waals surface area contributed by atoms with E-state index in [2.05, 4.69) is 6.92 Å². The first-order valence-corrected chi connectivity index (χ1v) is 10.7. The lowest BCUT2D eigenvalue weighted by atomic mass is 9.90. The third-order valence-corrected chi connectivity index (χ3v) is 6.19. The number of nitrogens with zero attached hydrogens (tertiary/aromatic N) is 2. The number of anilines is 2. The van der Waals surface area contributed by atoms with Gasteiger partial charge in [0.1, 0.15) is 5.92 Å². The smallest absolute Gasteiger partial charge is 0.266 e. The lowest BCUT2D eigenvalue weighted by Gasteiger charge is -2.28. The van der Waals surface area contributed by atoms with Crippen LogP contribution in [0.5, 0.6) is 0 Å². The van der Waals surface area contributed by atoms with Crippen molar-refractivity contribution in [3.8, 4) is 0 Å². The summed E-state index contributed by atoms with van der Waals surface area (Å²) in [5.74, 6) is -1.24. The number of amides is 2. The Morgan fingerprint density at radius 3 is 2.16 bits per heavy atom. The van der Waals surface area contributed by atoms with Crippen molar-refractivity contribution in [1.82, 2.24) is 0 Å². The van der Waals surface area contributed by atoms with Crippen LogP contribution >= 0.6 is 11.6 Å². The zero-order valence-corrected chi connectivity index (χ0v) is 17.7. The van der Waals surface area contributed by atoms with E-state index >= 15 is 0 Å². The van der Waals surface area contributed by atoms with E-state index in [4.69, 9.17) is 16.4 Å². The molecular weight excluding hydrogens is 412 g/mol. The zero-order chi connectivity index (χ0) is 21.5. The Morgan fingerprint density at radius 2 is 1.52 bits per heavy atom. The van der Waals surface area contributed by atoms with Crippen molar-refractivity contribution in [2.24, 2.45) is 5.92 Å². The van der Waals surface area contributed by atoms with Gasteiger partial charge in [-0.3, -0.25) is 14.4 Å². The molecule has 3 atom stereocenters. The number of hydrogen-bond donors (Lipinski definition) is 0. The van der Waals surface area contributed by atoms with E-state index in [1.807, 2.05) is 66.7 Å². The van der Waals surface area contributed by atoms with Gasteiger partial charge in [0.15, 0.2) is 6.10 Å². The molecule has 5 nitrogen and oxygen atoms in total. The van der Waals surface area contributed by atoms with E-state index < -0.39 is 18.1 Å². The number of fused-ring (bicyclic) bond motifs is 1. The molecule has 31 heavy (non-hydrogen) atoms. The molecule has 0 spiro atoms. The van der Waals surface area contributed by atoms with Gasteiger partial charge in [0.25, 0.3) is 5.91 Å². The number of aryl methyl sites for hydroxylation is 1. The molecule has 2 saturated heterocycles. The Hall–Kier alpha value is -3.15. The summed E-state index contributed by atoms with van der Waals surface area (Å²) in [7, 11) is 0. The molecule has 0 bridgehead atoms. The highest BCUT2D eigenvalue weighted by molar-refractivity contribution is 6.30. The number of carbonyl (C=O) groups excluding carboxylic acids is 2. The Balaban J connectivity index is 1.56. The lowest BCUT2D eigenvalue weighted by molar-refractivity contribution is -0.126. The van der Waals surface area contributed by atoms with Gasteiger partial charge in [0.2, 0.25) is 5.91 Å². The lowest BCUT2D eigenvalue weighted by Crippen LogP contribution is -2.37. The number of rotatable bonds is 4. The Kier molecular flexibility index (Phi) is 5.00. The van der Waals surface area contributed by atoms with Gasteiger partial charge in [-0.05, 0) is 53.9 Å². The Morgan fingerprint density at radius 1 is 0.839 bits per heavy atom. The minimum absolute atomic E-state index is 0.252. The summed E-state index contributed by atoms with van der Waals surface area (Å²) in [6.45, 7) is 2.06. The third-order valence-electron chi connectivity index (χ3n) is 5.94. The van der Waals surface area contributed by atoms with Gasteiger partial charge in [-0.25, -0.2) is 9.96 Å². The first-order chi connectivity index (χ1) is 15.1. The number of hydroxylamine groups is 1. The maximum atomic E-state index is 13.6. The second kappa shape index (κ2) is 7.84. The van der Waals surface area contributed by atoms with Crippen molar-refractivity contribution in [3.05, 3.63) is 95.0 Å². The molecule has 156 valence electrons. The summed E-state index contributed by atoms with van der Waals surface area (Å²) in [4.78, 5) is 34.2. The van der Waals surface area contributed by atoms with Gasteiger partial charge >= 0.3 is 0 Å². The SMILES string of the molecule is CCc1ccc(N2C(=O)[C@H]3[C@H](ON(c4ccccc4)[C@@H]3c3ccc(Cl)cc3)C2=O)cc1. The van der Waals surface area contributed by atoms with Gasteiger partial charge in [-0.1, -0.05) is 61.0 Å². The molecule has 0 unspecified atom stereocenters. The van der Waals surface area contributed by atoms with Crippen LogP contribution in [0, 0.1) is 5.92 Å². The third kappa shape index (κ3) is 3.30. The molecule has 3 aromatic carbocycles. The number of benzene rings is 3. The first kappa shape index (κ1) is 19.8. The van der Waals surface area contributed by atoms with Crippen LogP contribution in [0.4, 0.5) is 11.4 Å². The largest absolute Gasteiger partial charge is 0.273 e. The van der Waals surface area contributed by atoms with Crippen LogP contribution in [0.25, 0.3) is 0 Å². The van der Waals surface area contributed by atoms with E-state index in [0.29, 0.717) is 10.7 Å². The average Bonchev–Trinajstić information content (AvgIpc) is 3.31. The van der Waals surface area contributed by atoms with Crippen LogP contribution in [-0.4, -0.2) is 17.9 Å². The van der Waals surface area contributed by atoms with E-state index in [1.54, 1.807) is 17.2 Å². The molecule has 2 aliphatic heterocycles. The highest BCUT2D eigenvalue weighted by Crippen LogP contribution is 2.47. The number of para-hydroxylation sites is 1. The second-order valence-electron chi connectivity index (χ2n) is 7.74. The fraction of sp³-hybridized carbons (Fsp3) is 0.200. The molecule has 0 N–H and O–H groups in total. The van der Waals surface area contributed by atoms with Crippen LogP contribution in [-0.2, 0) is 20.8 Å². The first-order valence-electron chi connectivity index (χ1n) is 10.3. The maximum Gasteiger partial charge on any atom is 0.266 e. The highest BCUT2D eigenvalue weighted by atomic mass is 35.5. The maximum absolute atomic E-state index is 13.6. The van der Waals surface area contributed by atoms with Crippen molar-refractivity contribution < 1.29 is 14.4 Å². The van der Waals surface area contributed by atoms with Gasteiger partial charge < -0.3 is 0 Å². The normalized spacial score (nSPS) is 22.8. The van der Waals surface area contributed by atoms with E-state index in [0.717, 1.165) is 23.2 Å². The summed E-state index contributed by atoms with van der Waals surface area (Å²) < 4.78 is 0. The molecule has 0 aromatic heterocycles. The van der Waals surface area contributed by atoms with Gasteiger partial charge in [-0.2, -0.15) is 0 Å². The molecule has 0 aliphatic carbocycles. The monoisotopic (exact) mass is 432 g/mol. The molecule has 0 radical (unpaired) electrons. The van der Waals surface area contributed by atoms with Crippen LogP contribution in [0.3, 0.4) is 0 Å². The summed E-state index contributed by atoms with van der Waals surface area (Å²) in [5, 5.41) is 2.29. The average molecular weight is 433 g/mol. The molecule has 0 saturated carbocycles. The van der Waals surface area contributed by atoms with E-state index in [9.17, 15) is 9.59 Å². The molecule has 2 heterocycles. The van der Waals surface area contributed by atoms with Crippen molar-refractivity contribution in [2.45, 2.75) is 25.5 Å². The molecule has 2 fully saturated rings. The van der Waals surface area contributed by atoms with Crippen molar-refractivity contribution in [3.63, 3.8) is 0 Å². The minimum Gasteiger partial charge on any atom is -0.273 e. The number of hydrogen-bond acceptors (Lipinski definition) is 4. The number of halogens is 1. The van der Waals surface area contributed by atoms with Crippen LogP contribution in [0.15, 0.2) is 78.9 Å². The molecular formula is C25H21ClN2O3. The fourth-order valence-electron chi connectivity index (χ4n) is 4.35. The van der Waals surface area contributed by atoms with Gasteiger partial charge in [0.05, 0.1) is 17.4 Å². The van der Waals surface area contributed by atoms with E-state index in [1.165, 1.54) is 4.90 Å². The predicted molar refractivity (Wildman–Crippen MR) is 120 cm³/mol. The Labute approximate surface area is 185 Å². The predicted octanol–water partition coefficient (Wildman–Crippen LogP) is 4.95. The molecule has 5 rings (SSSR count). The van der Waals surface area contributed by atoms with Gasteiger partial charge in [0, 0.05) is 5.02 Å². The summed E-state index contributed by atoms with van der Waals surface area (Å²) in [6.07, 6.45) is 0.0144. The molecule has 2 amide bonds. The zero-order valence-electron chi connectivity index (χ0n) is 16.9. The molecule has 3 aromatic rings. The van der Waals surface area contributed by atoms with Crippen molar-refractivity contribution in [2.75, 3.05) is 9.96 Å². The fourth-order valence-corrected chi connectivity index (χ4v) is 4.47. The summed E-state index contributed by atoms with van der Waals surface area (Å²) in [6, 6.07) is 23.9. The standard InChI is InChI=1S/C25H21ClN2O3/c1-2-16-8-14-19(15-9-16)27-24(29)21-22(17-10-12-18(26)13-11-17)28(31-23(21)25(27)30)20-6-4-3-5-7-20/h3-15,21-23H,2H2,1H3/t21-,22-,23+/m1/s1. The van der Waals surface area contributed by atoms with Gasteiger partial charge in [-0.15, -0.1) is 0 Å². The van der Waals surface area contributed by atoms with Crippen LogP contribution in [0.1, 0.15) is 24.1 Å². The quantitative estimate of drug-likeness (QED) is 0.547. The summed E-state index contributed by atoms with van der Waals surface area (Å²) in [5.41, 5.74) is 3.38. The summed E-state index contributed by atoms with van der Waals surface area (Å²) >= 11 is 6.09. The number of carbonyl (C=O) groups is 2. The topological polar surface area (TPSA) is 49.9 Å². The Bertz CT molecular complexity index is 1120. The highest BCUT2D eigenvalue weighted by Gasteiger charge is 2.60. The van der Waals surface area contributed by atoms with Crippen molar-refractivity contribution >= 4 is 34.8 Å². The minimum atomic E-state index is -0.876. The van der Waals surface area contributed by atoms with Crippen LogP contribution in [0.2, 0.25) is 5.02 Å². The van der Waals surface area contributed by atoms with Crippen molar-refractivity contribution in [1.29, 1.82) is 0 Å². The molecule has 6 heteroatoms. The number of imide groups is 1. The van der Waals surface area contributed by atoms with E-state index in [-0.39, 0.29) is 11.8 Å². The van der Waals surface area contributed by atoms with Crippen LogP contribution < -0.4 is 9.96 Å². The molecule has 2 aliphatic rings.